The molecule has 2 atom stereocenters. The third-order valence-corrected chi connectivity index (χ3v) is 6.41. The number of Topliss-reactive ketones (excluding diaryl/α,β-unsaturated/α-hetero) is 1. The second-order valence-corrected chi connectivity index (χ2v) is 8.74. The van der Waals surface area contributed by atoms with Crippen LogP contribution in [0.5, 0.6) is 0 Å². The van der Waals surface area contributed by atoms with Gasteiger partial charge in [0.2, 0.25) is 0 Å². The molecule has 0 spiro atoms. The second-order valence-electron chi connectivity index (χ2n) is 8.74. The minimum Gasteiger partial charge on any atom is -0.466 e. The van der Waals surface area contributed by atoms with E-state index in [1.807, 2.05) is 59.5 Å². The van der Waals surface area contributed by atoms with Crippen LogP contribution >= 0.6 is 0 Å². The normalized spacial score (nSPS) is 17.9. The molecule has 0 saturated heterocycles. The zero-order chi connectivity index (χ0) is 24.8. The monoisotopic (exact) mass is 474 g/mol. The Morgan fingerprint density at radius 3 is 2.57 bits per heavy atom. The molecule has 1 N–H and O–H groups in total. The van der Waals surface area contributed by atoms with Crippen LogP contribution in [0, 0.1) is 0 Å². The van der Waals surface area contributed by atoms with Gasteiger partial charge in [-0.2, -0.15) is 0 Å². The number of aromatic amines is 1. The summed E-state index contributed by atoms with van der Waals surface area (Å²) in [6.45, 7) is 2.14. The minimum atomic E-state index is -0.554. The SMILES string of the molecule is COC(=O)/C=C/C[C@H]1c2[nH]c3ccccc3c2C[C@H](C(=O)OCc2ccccc2)N1CCC(C)=O. The van der Waals surface area contributed by atoms with Gasteiger partial charge in [0, 0.05) is 42.1 Å². The summed E-state index contributed by atoms with van der Waals surface area (Å²) in [4.78, 5) is 42.5. The maximum Gasteiger partial charge on any atom is 0.330 e. The van der Waals surface area contributed by atoms with Gasteiger partial charge in [-0.05, 0) is 30.5 Å². The van der Waals surface area contributed by atoms with Crippen molar-refractivity contribution in [3.63, 3.8) is 0 Å². The summed E-state index contributed by atoms with van der Waals surface area (Å²) in [6.07, 6.45) is 4.40. The first-order chi connectivity index (χ1) is 17.0. The van der Waals surface area contributed by atoms with Crippen LogP contribution in [0.4, 0.5) is 0 Å². The molecule has 0 bridgehead atoms. The van der Waals surface area contributed by atoms with Crippen LogP contribution in [-0.4, -0.2) is 47.3 Å². The Morgan fingerprint density at radius 1 is 1.09 bits per heavy atom. The number of rotatable bonds is 9. The Bertz CT molecular complexity index is 1230. The molecule has 7 nitrogen and oxygen atoms in total. The first kappa shape index (κ1) is 24.4. The highest BCUT2D eigenvalue weighted by Crippen LogP contribution is 2.39. The number of H-pyrrole nitrogens is 1. The number of carbonyl (C=O) groups is 3. The quantitative estimate of drug-likeness (QED) is 0.368. The van der Waals surface area contributed by atoms with E-state index in [9.17, 15) is 14.4 Å². The number of fused-ring (bicyclic) bond motifs is 3. The third-order valence-electron chi connectivity index (χ3n) is 6.41. The van der Waals surface area contributed by atoms with Crippen LogP contribution in [0.25, 0.3) is 10.9 Å². The van der Waals surface area contributed by atoms with Crippen molar-refractivity contribution >= 4 is 28.6 Å². The summed E-state index contributed by atoms with van der Waals surface area (Å²) < 4.78 is 10.5. The molecule has 4 rings (SSSR count). The number of methoxy groups -OCH3 is 1. The van der Waals surface area contributed by atoms with Crippen molar-refractivity contribution in [3.05, 3.63) is 83.6 Å². The molecule has 0 aliphatic carbocycles. The largest absolute Gasteiger partial charge is 0.466 e. The number of ketones is 1. The summed E-state index contributed by atoms with van der Waals surface area (Å²) in [5.41, 5.74) is 3.97. The van der Waals surface area contributed by atoms with E-state index >= 15 is 0 Å². The standard InChI is InChI=1S/C28H30N2O5/c1-19(31)15-16-30-24(13-8-14-26(32)34-2)27-22(21-11-6-7-12-23(21)29-27)17-25(30)28(33)35-18-20-9-4-3-5-10-20/h3-12,14,24-25,29H,13,15-18H2,1-2H3/b14-8+/t24-,25+/m0/s1. The van der Waals surface area contributed by atoms with Gasteiger partial charge in [-0.25, -0.2) is 4.79 Å². The average molecular weight is 475 g/mol. The summed E-state index contributed by atoms with van der Waals surface area (Å²) in [5, 5.41) is 1.07. The molecule has 3 aromatic rings. The van der Waals surface area contributed by atoms with Gasteiger partial charge in [-0.3, -0.25) is 14.5 Å². The zero-order valence-corrected chi connectivity index (χ0v) is 20.0. The fraction of sp³-hybridized carbons (Fsp3) is 0.321. The van der Waals surface area contributed by atoms with Crippen LogP contribution < -0.4 is 0 Å². The molecule has 35 heavy (non-hydrogen) atoms. The van der Waals surface area contributed by atoms with Crippen LogP contribution in [-0.2, 0) is 36.9 Å². The molecule has 0 unspecified atom stereocenters. The van der Waals surface area contributed by atoms with Gasteiger partial charge in [-0.1, -0.05) is 54.6 Å². The smallest absolute Gasteiger partial charge is 0.330 e. The number of carbonyl (C=O) groups excluding carboxylic acids is 3. The molecule has 0 radical (unpaired) electrons. The van der Waals surface area contributed by atoms with Gasteiger partial charge < -0.3 is 14.5 Å². The van der Waals surface area contributed by atoms with Crippen molar-refractivity contribution in [1.82, 2.24) is 9.88 Å². The number of aromatic nitrogens is 1. The highest BCUT2D eigenvalue weighted by atomic mass is 16.5. The molecule has 0 amide bonds. The zero-order valence-electron chi connectivity index (χ0n) is 20.0. The lowest BCUT2D eigenvalue weighted by atomic mass is 9.89. The van der Waals surface area contributed by atoms with E-state index in [1.165, 1.54) is 13.2 Å². The predicted octanol–water partition coefficient (Wildman–Crippen LogP) is 4.28. The number of nitrogens with zero attached hydrogens (tertiary/aromatic N) is 1. The van der Waals surface area contributed by atoms with Crippen molar-refractivity contribution in [3.8, 4) is 0 Å². The summed E-state index contributed by atoms with van der Waals surface area (Å²) >= 11 is 0. The second kappa shape index (κ2) is 11.1. The number of hydrogen-bond donors (Lipinski definition) is 1. The van der Waals surface area contributed by atoms with E-state index in [-0.39, 0.29) is 24.4 Å². The number of para-hydroxylation sites is 1. The molecule has 0 saturated carbocycles. The highest BCUT2D eigenvalue weighted by Gasteiger charge is 2.40. The maximum absolute atomic E-state index is 13.4. The van der Waals surface area contributed by atoms with Crippen LogP contribution in [0.1, 0.15) is 42.6 Å². The first-order valence-electron chi connectivity index (χ1n) is 11.8. The lowest BCUT2D eigenvalue weighted by Crippen LogP contribution is -2.49. The molecular formula is C28H30N2O5. The lowest BCUT2D eigenvalue weighted by Gasteiger charge is -2.40. The number of benzene rings is 2. The fourth-order valence-electron chi connectivity index (χ4n) is 4.68. The van der Waals surface area contributed by atoms with Crippen molar-refractivity contribution < 1.29 is 23.9 Å². The average Bonchev–Trinajstić information content (AvgIpc) is 3.25. The fourth-order valence-corrected chi connectivity index (χ4v) is 4.68. The Labute approximate surface area is 204 Å². The molecular weight excluding hydrogens is 444 g/mol. The summed E-state index contributed by atoms with van der Waals surface area (Å²) in [7, 11) is 1.33. The first-order valence-corrected chi connectivity index (χ1v) is 11.8. The third kappa shape index (κ3) is 5.69. The Kier molecular flexibility index (Phi) is 7.77. The van der Waals surface area contributed by atoms with E-state index in [0.717, 1.165) is 27.7 Å². The van der Waals surface area contributed by atoms with Gasteiger partial charge in [-0.15, -0.1) is 0 Å². The van der Waals surface area contributed by atoms with Gasteiger partial charge in [0.25, 0.3) is 0 Å². The van der Waals surface area contributed by atoms with Crippen LogP contribution in [0.2, 0.25) is 0 Å². The predicted molar refractivity (Wildman–Crippen MR) is 133 cm³/mol. The maximum atomic E-state index is 13.4. The molecule has 7 heteroatoms. The van der Waals surface area contributed by atoms with Crippen molar-refractivity contribution in [2.24, 2.45) is 0 Å². The van der Waals surface area contributed by atoms with Crippen LogP contribution in [0.3, 0.4) is 0 Å². The Hall–Kier alpha value is -3.71. The van der Waals surface area contributed by atoms with Crippen molar-refractivity contribution in [1.29, 1.82) is 0 Å². The summed E-state index contributed by atoms with van der Waals surface area (Å²) in [5.74, 6) is -0.713. The highest BCUT2D eigenvalue weighted by molar-refractivity contribution is 5.87. The Balaban J connectivity index is 1.69. The van der Waals surface area contributed by atoms with E-state index < -0.39 is 12.0 Å². The number of ether oxygens (including phenoxy) is 2. The number of nitrogens with one attached hydrogen (secondary N) is 1. The van der Waals surface area contributed by atoms with Gasteiger partial charge >= 0.3 is 11.9 Å². The van der Waals surface area contributed by atoms with E-state index in [4.69, 9.17) is 9.47 Å². The van der Waals surface area contributed by atoms with Gasteiger partial charge in [0.05, 0.1) is 13.2 Å². The Morgan fingerprint density at radius 2 is 1.83 bits per heavy atom. The topological polar surface area (TPSA) is 88.7 Å². The van der Waals surface area contributed by atoms with Gasteiger partial charge in [0.15, 0.2) is 0 Å². The van der Waals surface area contributed by atoms with Gasteiger partial charge in [0.1, 0.15) is 18.4 Å². The van der Waals surface area contributed by atoms with Crippen molar-refractivity contribution in [2.45, 2.75) is 44.9 Å². The van der Waals surface area contributed by atoms with E-state index in [0.29, 0.717) is 25.8 Å². The number of hydrogen-bond acceptors (Lipinski definition) is 6. The minimum absolute atomic E-state index is 0.0488. The molecule has 1 aliphatic rings. The molecule has 1 aromatic heterocycles. The van der Waals surface area contributed by atoms with Crippen LogP contribution in [0.15, 0.2) is 66.7 Å². The molecule has 2 heterocycles. The van der Waals surface area contributed by atoms with E-state index in [2.05, 4.69) is 4.98 Å². The molecule has 2 aromatic carbocycles. The number of esters is 2. The lowest BCUT2D eigenvalue weighted by molar-refractivity contribution is -0.153. The molecule has 182 valence electrons. The molecule has 0 fully saturated rings. The summed E-state index contributed by atoms with van der Waals surface area (Å²) in [6, 6.07) is 16.8. The van der Waals surface area contributed by atoms with Crippen molar-refractivity contribution in [2.75, 3.05) is 13.7 Å². The van der Waals surface area contributed by atoms with E-state index in [1.54, 1.807) is 13.0 Å². The molecule has 1 aliphatic heterocycles.